The topological polar surface area (TPSA) is 70.4 Å². The molecule has 33 heavy (non-hydrogen) atoms. The maximum absolute atomic E-state index is 15.3. The molecule has 0 spiro atoms. The summed E-state index contributed by atoms with van der Waals surface area (Å²) in [5, 5.41) is 8.50. The molecule has 2 aliphatic rings. The second-order valence-electron chi connectivity index (χ2n) is 9.27. The SMILES string of the molecule is CC1CCC(c2ccccc2)S(=O)(=O)N1Cc1ccc(C2(CCC#N)CCOCC2)cc1F. The van der Waals surface area contributed by atoms with E-state index in [1.807, 2.05) is 43.3 Å². The summed E-state index contributed by atoms with van der Waals surface area (Å²) < 4.78 is 49.3. The normalized spacial score (nSPS) is 24.8. The molecule has 0 amide bonds. The Labute approximate surface area is 196 Å². The molecule has 2 aromatic carbocycles. The highest BCUT2D eigenvalue weighted by Gasteiger charge is 2.41. The van der Waals surface area contributed by atoms with E-state index < -0.39 is 15.3 Å². The van der Waals surface area contributed by atoms with Crippen molar-refractivity contribution in [1.29, 1.82) is 5.26 Å². The largest absolute Gasteiger partial charge is 0.381 e. The van der Waals surface area contributed by atoms with Crippen LogP contribution in [-0.2, 0) is 26.7 Å². The van der Waals surface area contributed by atoms with Crippen molar-refractivity contribution in [2.75, 3.05) is 13.2 Å². The summed E-state index contributed by atoms with van der Waals surface area (Å²) in [7, 11) is -3.62. The van der Waals surface area contributed by atoms with Gasteiger partial charge in [-0.1, -0.05) is 42.5 Å². The minimum atomic E-state index is -3.62. The molecule has 0 saturated carbocycles. The number of nitriles is 1. The number of benzene rings is 2. The fourth-order valence-electron chi connectivity index (χ4n) is 5.27. The van der Waals surface area contributed by atoms with Crippen LogP contribution in [-0.4, -0.2) is 32.0 Å². The van der Waals surface area contributed by atoms with Gasteiger partial charge in [0.25, 0.3) is 0 Å². The van der Waals surface area contributed by atoms with Crippen molar-refractivity contribution in [3.05, 3.63) is 71.0 Å². The second kappa shape index (κ2) is 9.92. The Bertz CT molecular complexity index is 1110. The van der Waals surface area contributed by atoms with Crippen LogP contribution >= 0.6 is 0 Å². The summed E-state index contributed by atoms with van der Waals surface area (Å²) in [6.07, 6.45) is 3.88. The first-order valence-corrected chi connectivity index (χ1v) is 13.2. The lowest BCUT2D eigenvalue weighted by Gasteiger charge is -2.38. The second-order valence-corrected chi connectivity index (χ2v) is 11.3. The van der Waals surface area contributed by atoms with E-state index in [1.165, 1.54) is 4.31 Å². The number of rotatable bonds is 6. The molecule has 176 valence electrons. The Morgan fingerprint density at radius 3 is 2.55 bits per heavy atom. The molecular formula is C26H31FN2O3S. The number of halogens is 1. The molecule has 0 radical (unpaired) electrons. The van der Waals surface area contributed by atoms with Gasteiger partial charge in [0.2, 0.25) is 10.0 Å². The van der Waals surface area contributed by atoms with Crippen LogP contribution in [0.5, 0.6) is 0 Å². The number of ether oxygens (including phenoxy) is 1. The molecule has 2 aromatic rings. The highest BCUT2D eigenvalue weighted by Crippen LogP contribution is 2.41. The summed E-state index contributed by atoms with van der Waals surface area (Å²) in [6, 6.07) is 16.5. The van der Waals surface area contributed by atoms with E-state index in [1.54, 1.807) is 12.1 Å². The molecule has 4 rings (SSSR count). The van der Waals surface area contributed by atoms with Gasteiger partial charge >= 0.3 is 0 Å². The van der Waals surface area contributed by atoms with Crippen LogP contribution in [0, 0.1) is 17.1 Å². The number of nitrogens with zero attached hydrogens (tertiary/aromatic N) is 2. The van der Waals surface area contributed by atoms with Crippen molar-refractivity contribution in [2.24, 2.45) is 0 Å². The lowest BCUT2D eigenvalue weighted by atomic mass is 9.71. The molecule has 5 nitrogen and oxygen atoms in total. The van der Waals surface area contributed by atoms with E-state index in [4.69, 9.17) is 10.00 Å². The van der Waals surface area contributed by atoms with Crippen LogP contribution in [0.4, 0.5) is 4.39 Å². The first kappa shape index (κ1) is 23.9. The summed E-state index contributed by atoms with van der Waals surface area (Å²) in [5.74, 6) is -0.389. The zero-order valence-corrected chi connectivity index (χ0v) is 19.9. The Morgan fingerprint density at radius 1 is 1.15 bits per heavy atom. The van der Waals surface area contributed by atoms with Crippen LogP contribution in [0.3, 0.4) is 0 Å². The highest BCUT2D eigenvalue weighted by molar-refractivity contribution is 7.89. The third kappa shape index (κ3) is 4.84. The Morgan fingerprint density at radius 2 is 1.88 bits per heavy atom. The van der Waals surface area contributed by atoms with E-state index in [-0.39, 0.29) is 23.8 Å². The third-order valence-electron chi connectivity index (χ3n) is 7.35. The minimum Gasteiger partial charge on any atom is -0.381 e. The maximum atomic E-state index is 15.3. The van der Waals surface area contributed by atoms with Gasteiger partial charge in [-0.3, -0.25) is 0 Å². The van der Waals surface area contributed by atoms with E-state index in [0.717, 1.165) is 30.4 Å². The van der Waals surface area contributed by atoms with E-state index >= 15 is 4.39 Å². The van der Waals surface area contributed by atoms with Gasteiger partial charge in [-0.05, 0) is 56.2 Å². The first-order chi connectivity index (χ1) is 15.9. The summed E-state index contributed by atoms with van der Waals surface area (Å²) >= 11 is 0. The lowest BCUT2D eigenvalue weighted by molar-refractivity contribution is 0.0471. The van der Waals surface area contributed by atoms with Crippen LogP contribution in [0.1, 0.15) is 67.4 Å². The van der Waals surface area contributed by atoms with Crippen LogP contribution in [0.15, 0.2) is 48.5 Å². The molecule has 0 bridgehead atoms. The molecule has 2 unspecified atom stereocenters. The average molecular weight is 471 g/mol. The lowest BCUT2D eigenvalue weighted by Crippen LogP contribution is -2.44. The van der Waals surface area contributed by atoms with Crippen LogP contribution < -0.4 is 0 Å². The molecule has 2 fully saturated rings. The van der Waals surface area contributed by atoms with Crippen LogP contribution in [0.2, 0.25) is 0 Å². The number of sulfonamides is 1. The summed E-state index contributed by atoms with van der Waals surface area (Å²) in [5.41, 5.74) is 1.77. The van der Waals surface area contributed by atoms with Crippen molar-refractivity contribution < 1.29 is 17.5 Å². The van der Waals surface area contributed by atoms with Gasteiger partial charge in [0.1, 0.15) is 11.1 Å². The Hall–Kier alpha value is -2.27. The molecule has 0 aliphatic carbocycles. The molecule has 2 saturated heterocycles. The molecule has 2 aliphatic heterocycles. The van der Waals surface area contributed by atoms with Gasteiger partial charge in [-0.15, -0.1) is 0 Å². The highest BCUT2D eigenvalue weighted by atomic mass is 32.2. The van der Waals surface area contributed by atoms with Crippen molar-refractivity contribution in [1.82, 2.24) is 4.31 Å². The van der Waals surface area contributed by atoms with Gasteiger partial charge in [0.05, 0.1) is 6.07 Å². The van der Waals surface area contributed by atoms with E-state index in [9.17, 15) is 8.42 Å². The van der Waals surface area contributed by atoms with Gasteiger partial charge in [0.15, 0.2) is 0 Å². The van der Waals surface area contributed by atoms with Crippen LogP contribution in [0.25, 0.3) is 0 Å². The summed E-state index contributed by atoms with van der Waals surface area (Å²) in [6.45, 7) is 3.11. The zero-order chi connectivity index (χ0) is 23.5. The number of hydrogen-bond acceptors (Lipinski definition) is 4. The molecule has 7 heteroatoms. The van der Waals surface area contributed by atoms with E-state index in [0.29, 0.717) is 38.0 Å². The predicted octanol–water partition coefficient (Wildman–Crippen LogP) is 5.23. The predicted molar refractivity (Wildman–Crippen MR) is 125 cm³/mol. The quantitative estimate of drug-likeness (QED) is 0.579. The van der Waals surface area contributed by atoms with Gasteiger partial charge in [-0.25, -0.2) is 12.8 Å². The van der Waals surface area contributed by atoms with Crippen molar-refractivity contribution in [2.45, 2.75) is 68.7 Å². The fourth-order valence-corrected chi connectivity index (χ4v) is 7.45. The molecule has 0 N–H and O–H groups in total. The standard InChI is InChI=1S/C26H31FN2O3S/c1-20-8-11-25(21-6-3-2-4-7-21)33(30,31)29(20)19-22-9-10-23(18-24(22)27)26(12-5-15-28)13-16-32-17-14-26/h2-4,6-7,9-10,18,20,25H,5,8,11-14,16-17,19H2,1H3. The molecule has 0 aromatic heterocycles. The molecular weight excluding hydrogens is 439 g/mol. The van der Waals surface area contributed by atoms with Crippen molar-refractivity contribution in [3.8, 4) is 6.07 Å². The minimum absolute atomic E-state index is 0.0211. The Kier molecular flexibility index (Phi) is 7.18. The Balaban J connectivity index is 1.60. The fraction of sp³-hybridized carbons (Fsp3) is 0.500. The molecule has 2 atom stereocenters. The van der Waals surface area contributed by atoms with E-state index in [2.05, 4.69) is 6.07 Å². The molecule has 2 heterocycles. The van der Waals surface area contributed by atoms with Gasteiger partial charge < -0.3 is 4.74 Å². The summed E-state index contributed by atoms with van der Waals surface area (Å²) in [4.78, 5) is 0. The first-order valence-electron chi connectivity index (χ1n) is 11.7. The smallest absolute Gasteiger partial charge is 0.221 e. The average Bonchev–Trinajstić information content (AvgIpc) is 2.82. The van der Waals surface area contributed by atoms with Gasteiger partial charge in [0, 0.05) is 43.2 Å². The van der Waals surface area contributed by atoms with Gasteiger partial charge in [-0.2, -0.15) is 9.57 Å². The van der Waals surface area contributed by atoms with Crippen molar-refractivity contribution >= 4 is 10.0 Å². The zero-order valence-electron chi connectivity index (χ0n) is 19.0. The third-order valence-corrected chi connectivity index (χ3v) is 9.72. The monoisotopic (exact) mass is 470 g/mol. The van der Waals surface area contributed by atoms with Crippen molar-refractivity contribution in [3.63, 3.8) is 0 Å². The number of hydrogen-bond donors (Lipinski definition) is 0. The maximum Gasteiger partial charge on any atom is 0.221 e.